The Labute approximate surface area is 151 Å². The maximum atomic E-state index is 12.9. The van der Waals surface area contributed by atoms with E-state index in [0.717, 1.165) is 38.6 Å². The Bertz CT molecular complexity index is 705. The van der Waals surface area contributed by atoms with Gasteiger partial charge in [-0.2, -0.15) is 4.31 Å². The summed E-state index contributed by atoms with van der Waals surface area (Å²) in [6.07, 6.45) is 4.87. The molecule has 2 aliphatic heterocycles. The largest absolute Gasteiger partial charge is 0.336 e. The van der Waals surface area contributed by atoms with Crippen LogP contribution in [0, 0.1) is 0 Å². The normalized spacial score (nSPS) is 24.8. The van der Waals surface area contributed by atoms with Crippen LogP contribution < -0.4 is 0 Å². The van der Waals surface area contributed by atoms with Gasteiger partial charge in [-0.05, 0) is 44.6 Å². The molecule has 2 aliphatic rings. The summed E-state index contributed by atoms with van der Waals surface area (Å²) in [7, 11) is -3.19. The van der Waals surface area contributed by atoms with E-state index in [4.69, 9.17) is 0 Å². The van der Waals surface area contributed by atoms with Crippen molar-refractivity contribution in [1.29, 1.82) is 0 Å². The van der Waals surface area contributed by atoms with Gasteiger partial charge < -0.3 is 4.90 Å². The van der Waals surface area contributed by atoms with Crippen LogP contribution in [-0.4, -0.2) is 54.5 Å². The molecule has 0 radical (unpaired) electrons. The van der Waals surface area contributed by atoms with Crippen LogP contribution in [0.2, 0.25) is 0 Å². The molecule has 2 saturated heterocycles. The molecule has 1 atom stereocenters. The van der Waals surface area contributed by atoms with E-state index in [0.29, 0.717) is 19.5 Å². The fourth-order valence-electron chi connectivity index (χ4n) is 4.27. The molecule has 1 amide bonds. The van der Waals surface area contributed by atoms with Crippen LogP contribution in [0.25, 0.3) is 0 Å². The van der Waals surface area contributed by atoms with E-state index >= 15 is 0 Å². The number of hydrogen-bond donors (Lipinski definition) is 0. The van der Waals surface area contributed by atoms with Crippen LogP contribution in [0.4, 0.5) is 0 Å². The number of sulfonamides is 1. The topological polar surface area (TPSA) is 57.7 Å². The molecular formula is C19H28N2O3S. The summed E-state index contributed by atoms with van der Waals surface area (Å²) in [5, 5.41) is 0. The van der Waals surface area contributed by atoms with E-state index in [9.17, 15) is 13.2 Å². The molecule has 25 heavy (non-hydrogen) atoms. The second-order valence-corrected chi connectivity index (χ2v) is 9.45. The molecule has 0 bridgehead atoms. The third kappa shape index (κ3) is 3.90. The van der Waals surface area contributed by atoms with E-state index in [-0.39, 0.29) is 17.2 Å². The molecule has 0 unspecified atom stereocenters. The lowest BCUT2D eigenvalue weighted by Crippen LogP contribution is -2.58. The molecule has 0 aromatic heterocycles. The minimum Gasteiger partial charge on any atom is -0.336 e. The van der Waals surface area contributed by atoms with Gasteiger partial charge in [-0.3, -0.25) is 4.79 Å². The maximum absolute atomic E-state index is 12.9. The molecule has 0 saturated carbocycles. The predicted molar refractivity (Wildman–Crippen MR) is 98.7 cm³/mol. The number of piperidine rings is 1. The molecule has 1 aromatic carbocycles. The Morgan fingerprint density at radius 3 is 2.48 bits per heavy atom. The first-order valence-corrected chi connectivity index (χ1v) is 10.9. The van der Waals surface area contributed by atoms with Crippen molar-refractivity contribution < 1.29 is 13.2 Å². The lowest BCUT2D eigenvalue weighted by Gasteiger charge is -2.45. The SMILES string of the molecule is CCS(=O)(=O)N1CCC[C@@]2(CCCN2C(=O)CCc2ccccc2)C1. The summed E-state index contributed by atoms with van der Waals surface area (Å²) >= 11 is 0. The summed E-state index contributed by atoms with van der Waals surface area (Å²) in [5.74, 6) is 0.294. The Balaban J connectivity index is 1.69. The summed E-state index contributed by atoms with van der Waals surface area (Å²) < 4.78 is 26.2. The van der Waals surface area contributed by atoms with Crippen molar-refractivity contribution in [3.8, 4) is 0 Å². The third-order valence-corrected chi connectivity index (χ3v) is 7.47. The van der Waals surface area contributed by atoms with Crippen molar-refractivity contribution in [2.45, 2.75) is 51.0 Å². The molecule has 0 N–H and O–H groups in total. The third-order valence-electron chi connectivity index (χ3n) is 5.65. The van der Waals surface area contributed by atoms with Crippen molar-refractivity contribution >= 4 is 15.9 Å². The van der Waals surface area contributed by atoms with Crippen LogP contribution in [0.3, 0.4) is 0 Å². The van der Waals surface area contributed by atoms with Gasteiger partial charge in [0.05, 0.1) is 11.3 Å². The lowest BCUT2D eigenvalue weighted by molar-refractivity contribution is -0.136. The molecule has 0 aliphatic carbocycles. The summed E-state index contributed by atoms with van der Waals surface area (Å²) in [4.78, 5) is 14.9. The van der Waals surface area contributed by atoms with Crippen LogP contribution >= 0.6 is 0 Å². The molecular weight excluding hydrogens is 336 g/mol. The Morgan fingerprint density at radius 1 is 1.12 bits per heavy atom. The zero-order chi connectivity index (χ0) is 17.9. The van der Waals surface area contributed by atoms with E-state index in [1.165, 1.54) is 5.56 Å². The first kappa shape index (κ1) is 18.4. The molecule has 6 heteroatoms. The Kier molecular flexibility index (Phi) is 5.49. The number of nitrogens with zero attached hydrogens (tertiary/aromatic N) is 2. The summed E-state index contributed by atoms with van der Waals surface area (Å²) in [5.41, 5.74) is 0.886. The number of aryl methyl sites for hydroxylation is 1. The average molecular weight is 365 g/mol. The fraction of sp³-hybridized carbons (Fsp3) is 0.632. The van der Waals surface area contributed by atoms with Crippen LogP contribution in [0.5, 0.6) is 0 Å². The minimum absolute atomic E-state index is 0.130. The number of likely N-dealkylation sites (tertiary alicyclic amines) is 1. The van der Waals surface area contributed by atoms with E-state index in [1.807, 2.05) is 35.2 Å². The second kappa shape index (κ2) is 7.46. The van der Waals surface area contributed by atoms with E-state index < -0.39 is 10.0 Å². The lowest BCUT2D eigenvalue weighted by atomic mass is 9.87. The standard InChI is InChI=1S/C19H28N2O3S/c1-2-25(23,24)20-14-6-12-19(16-20)13-7-15-21(19)18(22)11-10-17-8-4-3-5-9-17/h3-5,8-9H,2,6-7,10-16H2,1H3/t19-/m1/s1. The van der Waals surface area contributed by atoms with Crippen LogP contribution in [0.1, 0.15) is 44.6 Å². The number of amides is 1. The highest BCUT2D eigenvalue weighted by molar-refractivity contribution is 7.89. The first-order chi connectivity index (χ1) is 12.0. The van der Waals surface area contributed by atoms with E-state index in [2.05, 4.69) is 0 Å². The van der Waals surface area contributed by atoms with Gasteiger partial charge in [0.1, 0.15) is 0 Å². The van der Waals surface area contributed by atoms with Gasteiger partial charge in [0.25, 0.3) is 0 Å². The zero-order valence-electron chi connectivity index (χ0n) is 15.0. The van der Waals surface area contributed by atoms with Crippen LogP contribution in [-0.2, 0) is 21.2 Å². The van der Waals surface area contributed by atoms with Gasteiger partial charge in [-0.15, -0.1) is 0 Å². The number of benzene rings is 1. The van der Waals surface area contributed by atoms with Gasteiger partial charge in [0.2, 0.25) is 15.9 Å². The van der Waals surface area contributed by atoms with Gasteiger partial charge >= 0.3 is 0 Å². The molecule has 5 nitrogen and oxygen atoms in total. The van der Waals surface area contributed by atoms with Gasteiger partial charge in [-0.25, -0.2) is 8.42 Å². The molecule has 2 heterocycles. The second-order valence-electron chi connectivity index (χ2n) is 7.20. The molecule has 2 fully saturated rings. The number of carbonyl (C=O) groups excluding carboxylic acids is 1. The Hall–Kier alpha value is -1.40. The highest BCUT2D eigenvalue weighted by Crippen LogP contribution is 2.38. The maximum Gasteiger partial charge on any atom is 0.223 e. The fourth-order valence-corrected chi connectivity index (χ4v) is 5.48. The quantitative estimate of drug-likeness (QED) is 0.806. The minimum atomic E-state index is -3.19. The van der Waals surface area contributed by atoms with Gasteiger partial charge in [0, 0.05) is 26.1 Å². The highest BCUT2D eigenvalue weighted by atomic mass is 32.2. The van der Waals surface area contributed by atoms with Gasteiger partial charge in [-0.1, -0.05) is 30.3 Å². The zero-order valence-corrected chi connectivity index (χ0v) is 15.8. The van der Waals surface area contributed by atoms with Crippen molar-refractivity contribution in [2.75, 3.05) is 25.4 Å². The summed E-state index contributed by atoms with van der Waals surface area (Å²) in [6, 6.07) is 10.1. The summed E-state index contributed by atoms with van der Waals surface area (Å²) in [6.45, 7) is 3.51. The molecule has 1 spiro atoms. The van der Waals surface area contributed by atoms with E-state index in [1.54, 1.807) is 11.2 Å². The number of rotatable bonds is 5. The Morgan fingerprint density at radius 2 is 1.80 bits per heavy atom. The average Bonchev–Trinajstić information content (AvgIpc) is 3.03. The van der Waals surface area contributed by atoms with Crippen molar-refractivity contribution in [3.05, 3.63) is 35.9 Å². The monoisotopic (exact) mass is 364 g/mol. The molecule has 138 valence electrons. The van der Waals surface area contributed by atoms with Crippen molar-refractivity contribution in [3.63, 3.8) is 0 Å². The van der Waals surface area contributed by atoms with Crippen molar-refractivity contribution in [1.82, 2.24) is 9.21 Å². The van der Waals surface area contributed by atoms with Gasteiger partial charge in [0.15, 0.2) is 0 Å². The predicted octanol–water partition coefficient (Wildman–Crippen LogP) is 2.43. The number of carbonyl (C=O) groups is 1. The molecule has 3 rings (SSSR count). The number of hydrogen-bond acceptors (Lipinski definition) is 3. The first-order valence-electron chi connectivity index (χ1n) is 9.29. The van der Waals surface area contributed by atoms with Crippen LogP contribution in [0.15, 0.2) is 30.3 Å². The highest BCUT2D eigenvalue weighted by Gasteiger charge is 2.47. The molecule has 1 aromatic rings. The smallest absolute Gasteiger partial charge is 0.223 e. The van der Waals surface area contributed by atoms with Crippen molar-refractivity contribution in [2.24, 2.45) is 0 Å².